The lowest BCUT2D eigenvalue weighted by molar-refractivity contribution is -0.136. The lowest BCUT2D eigenvalue weighted by Crippen LogP contribution is -2.23. The zero-order valence-corrected chi connectivity index (χ0v) is 13.9. The minimum atomic E-state index is -1.03. The first-order chi connectivity index (χ1) is 12.0. The fraction of sp³-hybridized carbons (Fsp3) is 0.263. The van der Waals surface area contributed by atoms with Crippen molar-refractivity contribution in [2.24, 2.45) is 0 Å². The maximum Gasteiger partial charge on any atom is 0.307 e. The summed E-state index contributed by atoms with van der Waals surface area (Å²) >= 11 is 0. The quantitative estimate of drug-likeness (QED) is 0.899. The fourth-order valence-electron chi connectivity index (χ4n) is 3.04. The first-order valence-corrected chi connectivity index (χ1v) is 7.79. The summed E-state index contributed by atoms with van der Waals surface area (Å²) in [6.45, 7) is 0. The van der Waals surface area contributed by atoms with Gasteiger partial charge in [0, 0.05) is 0 Å². The second kappa shape index (κ2) is 6.84. The lowest BCUT2D eigenvalue weighted by atomic mass is 9.91. The highest BCUT2D eigenvalue weighted by molar-refractivity contribution is 6.03. The Kier molecular flexibility index (Phi) is 4.61. The van der Waals surface area contributed by atoms with Crippen LogP contribution in [0.1, 0.15) is 34.0 Å². The summed E-state index contributed by atoms with van der Waals surface area (Å²) in [5, 5.41) is 9.15. The number of ketones is 1. The van der Waals surface area contributed by atoms with Crippen molar-refractivity contribution in [1.82, 2.24) is 0 Å². The van der Waals surface area contributed by atoms with Gasteiger partial charge in [0.15, 0.2) is 17.3 Å². The molecule has 3 rings (SSSR count). The molecule has 1 aliphatic heterocycles. The Hall–Kier alpha value is -3.02. The maximum atomic E-state index is 12.8. The number of methoxy groups -OCH3 is 2. The van der Waals surface area contributed by atoms with Gasteiger partial charge in [-0.2, -0.15) is 0 Å². The molecule has 130 valence electrons. The van der Waals surface area contributed by atoms with Gasteiger partial charge in [0.25, 0.3) is 0 Å². The molecule has 2 aromatic carbocycles. The molecule has 2 aromatic rings. The van der Waals surface area contributed by atoms with Gasteiger partial charge in [-0.15, -0.1) is 0 Å². The Morgan fingerprint density at radius 2 is 1.96 bits per heavy atom. The molecule has 6 heteroatoms. The number of aliphatic carboxylic acids is 1. The van der Waals surface area contributed by atoms with Gasteiger partial charge in [0.1, 0.15) is 6.10 Å². The predicted octanol–water partition coefficient (Wildman–Crippen LogP) is 3.04. The van der Waals surface area contributed by atoms with Crippen molar-refractivity contribution < 1.29 is 28.9 Å². The van der Waals surface area contributed by atoms with E-state index >= 15 is 0 Å². The molecule has 0 radical (unpaired) electrons. The highest BCUT2D eigenvalue weighted by Gasteiger charge is 2.34. The van der Waals surface area contributed by atoms with Crippen molar-refractivity contribution in [2.45, 2.75) is 18.9 Å². The number of benzene rings is 2. The summed E-state index contributed by atoms with van der Waals surface area (Å²) in [5.41, 5.74) is 1.48. The van der Waals surface area contributed by atoms with E-state index in [4.69, 9.17) is 19.3 Å². The summed E-state index contributed by atoms with van der Waals surface area (Å²) in [6, 6.07) is 10.9. The number of fused-ring (bicyclic) bond motifs is 1. The zero-order valence-electron chi connectivity index (χ0n) is 13.9. The van der Waals surface area contributed by atoms with E-state index in [0.29, 0.717) is 17.1 Å². The third-order valence-corrected chi connectivity index (χ3v) is 4.13. The van der Waals surface area contributed by atoms with E-state index in [1.165, 1.54) is 20.3 Å². The number of carbonyl (C=O) groups is 2. The van der Waals surface area contributed by atoms with Gasteiger partial charge < -0.3 is 19.3 Å². The molecule has 0 aliphatic carbocycles. The van der Waals surface area contributed by atoms with Crippen LogP contribution >= 0.6 is 0 Å². The van der Waals surface area contributed by atoms with E-state index in [-0.39, 0.29) is 29.9 Å². The Labute approximate surface area is 144 Å². The minimum absolute atomic E-state index is 0.138. The molecule has 0 aromatic heterocycles. The van der Waals surface area contributed by atoms with Crippen LogP contribution in [0.2, 0.25) is 0 Å². The molecule has 0 bridgehead atoms. The smallest absolute Gasteiger partial charge is 0.307 e. The van der Waals surface area contributed by atoms with Crippen LogP contribution < -0.4 is 14.2 Å². The number of ether oxygens (including phenoxy) is 3. The van der Waals surface area contributed by atoms with Crippen LogP contribution in [-0.2, 0) is 11.2 Å². The molecule has 0 fully saturated rings. The normalized spacial score (nSPS) is 15.9. The van der Waals surface area contributed by atoms with E-state index < -0.39 is 12.1 Å². The summed E-state index contributed by atoms with van der Waals surface area (Å²) in [7, 11) is 2.91. The van der Waals surface area contributed by atoms with Crippen LogP contribution in [-0.4, -0.2) is 31.1 Å². The van der Waals surface area contributed by atoms with E-state index in [1.54, 1.807) is 0 Å². The van der Waals surface area contributed by atoms with Crippen LogP contribution in [0.5, 0.6) is 17.2 Å². The molecule has 0 amide bonds. The zero-order chi connectivity index (χ0) is 18.0. The standard InChI is InChI=1S/C19H18O6/c1-23-15-8-12(9-16(21)22)17-13(20)10-14(11-6-4-3-5-7-11)25-19(17)18(15)24-2/h3-8,14H,9-10H2,1-2H3,(H,21,22). The summed E-state index contributed by atoms with van der Waals surface area (Å²) in [4.78, 5) is 23.9. The van der Waals surface area contributed by atoms with Gasteiger partial charge in [0.05, 0.1) is 32.6 Å². The molecular weight excluding hydrogens is 324 g/mol. The average Bonchev–Trinajstić information content (AvgIpc) is 2.61. The van der Waals surface area contributed by atoms with Gasteiger partial charge in [-0.05, 0) is 17.2 Å². The van der Waals surface area contributed by atoms with Crippen LogP contribution in [0.4, 0.5) is 0 Å². The number of carboxylic acid groups (broad SMARTS) is 1. The first kappa shape index (κ1) is 16.8. The molecule has 0 saturated carbocycles. The van der Waals surface area contributed by atoms with Crippen LogP contribution in [0.25, 0.3) is 0 Å². The Balaban J connectivity index is 2.14. The third-order valence-electron chi connectivity index (χ3n) is 4.13. The van der Waals surface area contributed by atoms with Crippen molar-refractivity contribution in [2.75, 3.05) is 14.2 Å². The summed E-state index contributed by atoms with van der Waals surface area (Å²) in [5.74, 6) is -0.345. The minimum Gasteiger partial charge on any atom is -0.493 e. The number of carboxylic acids is 1. The van der Waals surface area contributed by atoms with Crippen molar-refractivity contribution in [3.8, 4) is 17.2 Å². The highest BCUT2D eigenvalue weighted by Crippen LogP contribution is 2.47. The number of Topliss-reactive ketones (excluding diaryl/α,β-unsaturated/α-hetero) is 1. The highest BCUT2D eigenvalue weighted by atomic mass is 16.5. The van der Waals surface area contributed by atoms with E-state index in [0.717, 1.165) is 5.56 Å². The number of rotatable bonds is 5. The van der Waals surface area contributed by atoms with E-state index in [2.05, 4.69) is 0 Å². The number of hydrogen-bond acceptors (Lipinski definition) is 5. The molecule has 1 aliphatic rings. The second-order valence-corrected chi connectivity index (χ2v) is 5.69. The topological polar surface area (TPSA) is 82.1 Å². The average molecular weight is 342 g/mol. The van der Waals surface area contributed by atoms with Crippen LogP contribution in [0.3, 0.4) is 0 Å². The fourth-order valence-corrected chi connectivity index (χ4v) is 3.04. The SMILES string of the molecule is COc1cc(CC(=O)O)c2c(c1OC)OC(c1ccccc1)CC2=O. The predicted molar refractivity (Wildman–Crippen MR) is 89.6 cm³/mol. The molecule has 1 heterocycles. The van der Waals surface area contributed by atoms with Gasteiger partial charge in [-0.3, -0.25) is 9.59 Å². The number of hydrogen-bond donors (Lipinski definition) is 1. The monoisotopic (exact) mass is 342 g/mol. The third kappa shape index (κ3) is 3.15. The van der Waals surface area contributed by atoms with E-state index in [9.17, 15) is 9.59 Å². The van der Waals surface area contributed by atoms with E-state index in [1.807, 2.05) is 30.3 Å². The van der Waals surface area contributed by atoms with Crippen molar-refractivity contribution in [3.05, 3.63) is 53.1 Å². The molecule has 25 heavy (non-hydrogen) atoms. The second-order valence-electron chi connectivity index (χ2n) is 5.69. The molecule has 0 spiro atoms. The molecule has 1 unspecified atom stereocenters. The van der Waals surface area contributed by atoms with Crippen molar-refractivity contribution >= 4 is 11.8 Å². The van der Waals surface area contributed by atoms with Gasteiger partial charge >= 0.3 is 5.97 Å². The first-order valence-electron chi connectivity index (χ1n) is 7.79. The van der Waals surface area contributed by atoms with Crippen molar-refractivity contribution in [3.63, 3.8) is 0 Å². The molecule has 0 saturated heterocycles. The van der Waals surface area contributed by atoms with Gasteiger partial charge in [0.2, 0.25) is 5.75 Å². The number of carbonyl (C=O) groups excluding carboxylic acids is 1. The van der Waals surface area contributed by atoms with Gasteiger partial charge in [-0.25, -0.2) is 0 Å². The maximum absolute atomic E-state index is 12.8. The lowest BCUT2D eigenvalue weighted by Gasteiger charge is -2.29. The molecule has 6 nitrogen and oxygen atoms in total. The molecule has 1 atom stereocenters. The summed E-state index contributed by atoms with van der Waals surface area (Å²) < 4.78 is 16.7. The van der Waals surface area contributed by atoms with Gasteiger partial charge in [-0.1, -0.05) is 30.3 Å². The molecular formula is C19H18O6. The Morgan fingerprint density at radius 3 is 2.56 bits per heavy atom. The largest absolute Gasteiger partial charge is 0.493 e. The Morgan fingerprint density at radius 1 is 1.24 bits per heavy atom. The Bertz CT molecular complexity index is 812. The van der Waals surface area contributed by atoms with Crippen molar-refractivity contribution in [1.29, 1.82) is 0 Å². The molecule has 1 N–H and O–H groups in total. The van der Waals surface area contributed by atoms with Crippen LogP contribution in [0.15, 0.2) is 36.4 Å². The summed E-state index contributed by atoms with van der Waals surface area (Å²) in [6.07, 6.45) is -0.618. The van der Waals surface area contributed by atoms with Crippen LogP contribution in [0, 0.1) is 0 Å².